The molecule has 2 fully saturated rings. The second-order valence-corrected chi connectivity index (χ2v) is 7.37. The van der Waals surface area contributed by atoms with Crippen molar-refractivity contribution in [2.45, 2.75) is 57.8 Å². The smallest absolute Gasteiger partial charge is 0.193 e. The van der Waals surface area contributed by atoms with E-state index in [0.717, 1.165) is 32.1 Å². The minimum absolute atomic E-state index is 0. The Bertz CT molecular complexity index is 372. The molecule has 148 valence electrons. The molecular formula is C19H38IN3O2. The lowest BCUT2D eigenvalue weighted by atomic mass is 9.74. The minimum atomic E-state index is 0. The molecule has 1 heterocycles. The fourth-order valence-electron chi connectivity index (χ4n) is 4.23. The molecule has 1 saturated carbocycles. The first kappa shape index (κ1) is 23.0. The van der Waals surface area contributed by atoms with Crippen LogP contribution in [0.3, 0.4) is 0 Å². The van der Waals surface area contributed by atoms with Gasteiger partial charge in [0.1, 0.15) is 0 Å². The summed E-state index contributed by atoms with van der Waals surface area (Å²) in [6.07, 6.45) is 12.2. The van der Waals surface area contributed by atoms with Crippen molar-refractivity contribution < 1.29 is 9.47 Å². The maximum absolute atomic E-state index is 5.52. The van der Waals surface area contributed by atoms with Crippen LogP contribution in [0.15, 0.2) is 4.99 Å². The van der Waals surface area contributed by atoms with Crippen LogP contribution in [0.4, 0.5) is 0 Å². The zero-order chi connectivity index (χ0) is 17.1. The third-order valence-corrected chi connectivity index (χ3v) is 5.52. The Kier molecular flexibility index (Phi) is 12.1. The molecule has 2 rings (SSSR count). The molecule has 0 unspecified atom stereocenters. The van der Waals surface area contributed by atoms with Crippen molar-refractivity contribution in [2.75, 3.05) is 53.6 Å². The van der Waals surface area contributed by atoms with Crippen molar-refractivity contribution >= 4 is 29.9 Å². The molecule has 6 heteroatoms. The summed E-state index contributed by atoms with van der Waals surface area (Å²) in [5, 5.41) is 3.53. The van der Waals surface area contributed by atoms with E-state index in [9.17, 15) is 0 Å². The number of nitrogens with one attached hydrogen (secondary N) is 1. The van der Waals surface area contributed by atoms with E-state index in [1.54, 1.807) is 7.11 Å². The Morgan fingerprint density at radius 1 is 1.04 bits per heavy atom. The van der Waals surface area contributed by atoms with Gasteiger partial charge >= 0.3 is 0 Å². The number of hydrogen-bond donors (Lipinski definition) is 1. The lowest BCUT2D eigenvalue weighted by Crippen LogP contribution is -2.50. The predicted octanol–water partition coefficient (Wildman–Crippen LogP) is 3.67. The van der Waals surface area contributed by atoms with Crippen molar-refractivity contribution in [1.82, 2.24) is 10.2 Å². The summed E-state index contributed by atoms with van der Waals surface area (Å²) in [6, 6.07) is 0. The third-order valence-electron chi connectivity index (χ3n) is 5.52. The van der Waals surface area contributed by atoms with E-state index in [1.165, 1.54) is 57.9 Å². The van der Waals surface area contributed by atoms with Gasteiger partial charge in [-0.15, -0.1) is 24.0 Å². The molecule has 1 N–H and O–H groups in total. The average Bonchev–Trinajstić information content (AvgIpc) is 2.83. The maximum atomic E-state index is 5.52. The van der Waals surface area contributed by atoms with E-state index in [-0.39, 0.29) is 24.0 Å². The zero-order valence-corrected chi connectivity index (χ0v) is 18.6. The Morgan fingerprint density at radius 2 is 1.76 bits per heavy atom. The van der Waals surface area contributed by atoms with Crippen LogP contribution in [0.25, 0.3) is 0 Å². The zero-order valence-electron chi connectivity index (χ0n) is 16.2. The third kappa shape index (κ3) is 7.99. The first-order valence-corrected chi connectivity index (χ1v) is 9.82. The van der Waals surface area contributed by atoms with Gasteiger partial charge in [0.2, 0.25) is 0 Å². The summed E-state index contributed by atoms with van der Waals surface area (Å²) in [4.78, 5) is 7.03. The highest BCUT2D eigenvalue weighted by Crippen LogP contribution is 2.42. The summed E-state index contributed by atoms with van der Waals surface area (Å²) in [5.74, 6) is 1.08. The Balaban J connectivity index is 0.00000312. The van der Waals surface area contributed by atoms with Crippen molar-refractivity contribution in [3.05, 3.63) is 0 Å². The molecule has 5 nitrogen and oxygen atoms in total. The van der Waals surface area contributed by atoms with E-state index in [2.05, 4.69) is 15.2 Å². The lowest BCUT2D eigenvalue weighted by molar-refractivity contribution is 0.0696. The van der Waals surface area contributed by atoms with Crippen LogP contribution in [0.1, 0.15) is 57.8 Å². The molecule has 0 amide bonds. The topological polar surface area (TPSA) is 46.1 Å². The Labute approximate surface area is 171 Å². The van der Waals surface area contributed by atoms with Gasteiger partial charge in [0.15, 0.2) is 5.96 Å². The number of nitrogens with zero attached hydrogens (tertiary/aromatic N) is 2. The fourth-order valence-corrected chi connectivity index (χ4v) is 4.23. The van der Waals surface area contributed by atoms with E-state index in [0.29, 0.717) is 18.6 Å². The number of rotatable bonds is 7. The van der Waals surface area contributed by atoms with Gasteiger partial charge in [-0.3, -0.25) is 4.99 Å². The van der Waals surface area contributed by atoms with Crippen LogP contribution in [-0.4, -0.2) is 64.5 Å². The van der Waals surface area contributed by atoms with Crippen molar-refractivity contribution in [3.8, 4) is 0 Å². The highest BCUT2D eigenvalue weighted by atomic mass is 127. The van der Waals surface area contributed by atoms with Gasteiger partial charge in [0.05, 0.1) is 13.2 Å². The summed E-state index contributed by atoms with van der Waals surface area (Å²) < 4.78 is 10.5. The molecule has 1 spiro atoms. The van der Waals surface area contributed by atoms with Crippen LogP contribution in [0.2, 0.25) is 0 Å². The number of piperidine rings is 1. The van der Waals surface area contributed by atoms with Gasteiger partial charge in [-0.1, -0.05) is 25.7 Å². The number of hydrogen-bond acceptors (Lipinski definition) is 3. The van der Waals surface area contributed by atoms with Crippen LogP contribution in [-0.2, 0) is 9.47 Å². The van der Waals surface area contributed by atoms with Gasteiger partial charge in [0, 0.05) is 40.4 Å². The molecule has 2 aliphatic rings. The number of halogens is 1. The second-order valence-electron chi connectivity index (χ2n) is 7.37. The minimum Gasteiger partial charge on any atom is -0.382 e. The molecule has 1 aliphatic carbocycles. The van der Waals surface area contributed by atoms with Gasteiger partial charge in [0.25, 0.3) is 0 Å². The van der Waals surface area contributed by atoms with E-state index in [4.69, 9.17) is 9.47 Å². The molecule has 0 aromatic carbocycles. The van der Waals surface area contributed by atoms with Crippen LogP contribution in [0, 0.1) is 5.41 Å². The summed E-state index contributed by atoms with van der Waals surface area (Å²) in [5.41, 5.74) is 0.551. The first-order chi connectivity index (χ1) is 11.8. The quantitative estimate of drug-likeness (QED) is 0.269. The lowest BCUT2D eigenvalue weighted by Gasteiger charge is -2.44. The van der Waals surface area contributed by atoms with Gasteiger partial charge in [-0.25, -0.2) is 0 Å². The molecule has 0 aromatic heterocycles. The number of aliphatic imine (C=N–C) groups is 1. The fraction of sp³-hybridized carbons (Fsp3) is 0.947. The number of ether oxygens (including phenoxy) is 2. The molecule has 0 atom stereocenters. The molecule has 0 bridgehead atoms. The normalized spacial score (nSPS) is 20.9. The Morgan fingerprint density at radius 3 is 2.44 bits per heavy atom. The van der Waals surface area contributed by atoms with Crippen molar-refractivity contribution in [3.63, 3.8) is 0 Å². The van der Waals surface area contributed by atoms with Crippen LogP contribution < -0.4 is 5.32 Å². The molecular weight excluding hydrogens is 429 g/mol. The highest BCUT2D eigenvalue weighted by Gasteiger charge is 2.36. The monoisotopic (exact) mass is 467 g/mol. The van der Waals surface area contributed by atoms with Crippen LogP contribution in [0.5, 0.6) is 0 Å². The van der Waals surface area contributed by atoms with E-state index >= 15 is 0 Å². The standard InChI is InChI=1S/C19H37N3O2.HI/c1-20-18(21-12-8-14-24-16-15-23-2)22-13-7-11-19(17-22)9-5-3-4-6-10-19;/h3-17H2,1-2H3,(H,20,21);1H. The van der Waals surface area contributed by atoms with Gasteiger partial charge in [-0.2, -0.15) is 0 Å². The van der Waals surface area contributed by atoms with Gasteiger partial charge in [-0.05, 0) is 37.5 Å². The predicted molar refractivity (Wildman–Crippen MR) is 115 cm³/mol. The van der Waals surface area contributed by atoms with Gasteiger partial charge < -0.3 is 19.7 Å². The molecule has 0 radical (unpaired) electrons. The van der Waals surface area contributed by atoms with E-state index < -0.39 is 0 Å². The molecule has 0 aromatic rings. The van der Waals surface area contributed by atoms with Crippen molar-refractivity contribution in [1.29, 1.82) is 0 Å². The van der Waals surface area contributed by atoms with E-state index in [1.807, 2.05) is 7.05 Å². The van der Waals surface area contributed by atoms with Crippen molar-refractivity contribution in [2.24, 2.45) is 10.4 Å². The largest absolute Gasteiger partial charge is 0.382 e. The molecule has 1 aliphatic heterocycles. The highest BCUT2D eigenvalue weighted by molar-refractivity contribution is 14.0. The molecule has 1 saturated heterocycles. The summed E-state index contributed by atoms with van der Waals surface area (Å²) in [6.45, 7) is 5.38. The maximum Gasteiger partial charge on any atom is 0.193 e. The number of likely N-dealkylation sites (tertiary alicyclic amines) is 1. The second kappa shape index (κ2) is 13.1. The number of guanidine groups is 1. The summed E-state index contributed by atoms with van der Waals surface area (Å²) in [7, 11) is 3.61. The van der Waals surface area contributed by atoms with Crippen LogP contribution >= 0.6 is 24.0 Å². The average molecular weight is 467 g/mol. The Hall–Kier alpha value is -0.0800. The first-order valence-electron chi connectivity index (χ1n) is 9.82. The SMILES string of the molecule is CN=C(NCCCOCCOC)N1CCCC2(CCCCCC2)C1.I. The number of methoxy groups -OCH3 is 1. The summed E-state index contributed by atoms with van der Waals surface area (Å²) >= 11 is 0. The molecule has 25 heavy (non-hydrogen) atoms.